The van der Waals surface area contributed by atoms with Crippen molar-refractivity contribution in [1.29, 1.82) is 0 Å². The zero-order valence-electron chi connectivity index (χ0n) is 15.9. The molecule has 0 spiro atoms. The van der Waals surface area contributed by atoms with Gasteiger partial charge in [0.15, 0.2) is 0 Å². The molecule has 0 aliphatic carbocycles. The van der Waals surface area contributed by atoms with Gasteiger partial charge in [0.1, 0.15) is 11.3 Å². The van der Waals surface area contributed by atoms with Crippen LogP contribution in [0.3, 0.4) is 0 Å². The van der Waals surface area contributed by atoms with Gasteiger partial charge in [0.25, 0.3) is 5.91 Å². The van der Waals surface area contributed by atoms with Crippen molar-refractivity contribution < 1.29 is 19.4 Å². The van der Waals surface area contributed by atoms with E-state index in [1.165, 1.54) is 29.6 Å². The molecule has 30 heavy (non-hydrogen) atoms. The van der Waals surface area contributed by atoms with E-state index >= 15 is 0 Å². The topological polar surface area (TPSA) is 112 Å². The summed E-state index contributed by atoms with van der Waals surface area (Å²) in [6, 6.07) is 7.80. The monoisotopic (exact) mass is 407 g/mol. The summed E-state index contributed by atoms with van der Waals surface area (Å²) in [5.41, 5.74) is 1.64. The van der Waals surface area contributed by atoms with Crippen LogP contribution < -0.4 is 0 Å². The summed E-state index contributed by atoms with van der Waals surface area (Å²) in [6.45, 7) is -0.417. The van der Waals surface area contributed by atoms with Crippen LogP contribution in [0.5, 0.6) is 0 Å². The van der Waals surface area contributed by atoms with Gasteiger partial charge in [-0.25, -0.2) is 4.39 Å². The van der Waals surface area contributed by atoms with Crippen LogP contribution in [0.15, 0.2) is 48.9 Å². The minimum atomic E-state index is -0.452. The number of rotatable bonds is 6. The lowest BCUT2D eigenvalue weighted by atomic mass is 10.0. The molecule has 0 aliphatic rings. The largest absolute Gasteiger partial charge is 0.395 e. The lowest BCUT2D eigenvalue weighted by Crippen LogP contribution is -2.36. The SMILES string of the molecule is O=C(c1cc2c(-c3ccccc3F)nccnc2c2cnnc12)N(CCO)CCO. The molecule has 0 saturated heterocycles. The highest BCUT2D eigenvalue weighted by Crippen LogP contribution is 2.32. The van der Waals surface area contributed by atoms with Gasteiger partial charge >= 0.3 is 0 Å². The number of hydrogen-bond donors (Lipinski definition) is 2. The van der Waals surface area contributed by atoms with Crippen molar-refractivity contribution in [2.45, 2.75) is 0 Å². The number of nitrogens with zero attached hydrogens (tertiary/aromatic N) is 5. The number of carbonyl (C=O) groups excluding carboxylic acids is 1. The maximum atomic E-state index is 14.6. The Morgan fingerprint density at radius 1 is 1.00 bits per heavy atom. The van der Waals surface area contributed by atoms with Crippen LogP contribution in [0.2, 0.25) is 0 Å². The van der Waals surface area contributed by atoms with E-state index in [0.29, 0.717) is 27.5 Å². The second-order valence-electron chi connectivity index (χ2n) is 6.55. The molecule has 0 fully saturated rings. The Bertz CT molecular complexity index is 1230. The van der Waals surface area contributed by atoms with Crippen molar-refractivity contribution in [3.8, 4) is 11.3 Å². The van der Waals surface area contributed by atoms with Crippen molar-refractivity contribution in [2.24, 2.45) is 0 Å². The van der Waals surface area contributed by atoms with E-state index in [4.69, 9.17) is 0 Å². The van der Waals surface area contributed by atoms with Crippen molar-refractivity contribution in [2.75, 3.05) is 26.3 Å². The number of aromatic nitrogens is 4. The fourth-order valence-electron chi connectivity index (χ4n) is 3.42. The van der Waals surface area contributed by atoms with Crippen LogP contribution >= 0.6 is 0 Å². The summed E-state index contributed by atoms with van der Waals surface area (Å²) in [5, 5.41) is 27.6. The van der Waals surface area contributed by atoms with E-state index in [2.05, 4.69) is 20.2 Å². The van der Waals surface area contributed by atoms with E-state index in [-0.39, 0.29) is 37.4 Å². The van der Waals surface area contributed by atoms with Crippen LogP contribution in [-0.4, -0.2) is 67.5 Å². The molecule has 1 amide bonds. The molecular formula is C21H18FN5O3. The van der Waals surface area contributed by atoms with Crippen molar-refractivity contribution in [3.63, 3.8) is 0 Å². The first-order valence-corrected chi connectivity index (χ1v) is 9.30. The van der Waals surface area contributed by atoms with Gasteiger partial charge in [-0.3, -0.25) is 14.8 Å². The second kappa shape index (κ2) is 8.44. The molecule has 4 rings (SSSR count). The van der Waals surface area contributed by atoms with Gasteiger partial charge < -0.3 is 15.1 Å². The Morgan fingerprint density at radius 3 is 2.47 bits per heavy atom. The predicted octanol–water partition coefficient (Wildman–Crippen LogP) is 1.81. The van der Waals surface area contributed by atoms with Gasteiger partial charge in [0, 0.05) is 41.8 Å². The second-order valence-corrected chi connectivity index (χ2v) is 6.55. The number of aliphatic hydroxyl groups excluding tert-OH is 2. The Kier molecular flexibility index (Phi) is 5.55. The average Bonchev–Trinajstić information content (AvgIpc) is 3.14. The van der Waals surface area contributed by atoms with E-state index < -0.39 is 11.7 Å². The number of fused-ring (bicyclic) bond motifs is 3. The summed E-state index contributed by atoms with van der Waals surface area (Å²) < 4.78 is 14.6. The summed E-state index contributed by atoms with van der Waals surface area (Å²) in [5.74, 6) is -0.886. The van der Waals surface area contributed by atoms with Gasteiger partial charge in [-0.1, -0.05) is 12.1 Å². The fraction of sp³-hybridized carbons (Fsp3) is 0.190. The zero-order valence-corrected chi connectivity index (χ0v) is 15.9. The third-order valence-corrected chi connectivity index (χ3v) is 4.77. The van der Waals surface area contributed by atoms with E-state index in [0.717, 1.165) is 0 Å². The smallest absolute Gasteiger partial charge is 0.256 e. The van der Waals surface area contributed by atoms with Gasteiger partial charge in [-0.2, -0.15) is 5.10 Å². The molecule has 0 radical (unpaired) electrons. The van der Waals surface area contributed by atoms with E-state index in [1.54, 1.807) is 24.3 Å². The van der Waals surface area contributed by atoms with Crippen molar-refractivity contribution in [1.82, 2.24) is 25.1 Å². The van der Waals surface area contributed by atoms with Gasteiger partial charge in [0.2, 0.25) is 0 Å². The predicted molar refractivity (Wildman–Crippen MR) is 108 cm³/mol. The summed E-state index contributed by atoms with van der Waals surface area (Å²) in [6.07, 6.45) is 4.45. The molecule has 8 nitrogen and oxygen atoms in total. The molecule has 0 bridgehead atoms. The maximum Gasteiger partial charge on any atom is 0.256 e. The van der Waals surface area contributed by atoms with Crippen LogP contribution in [0.1, 0.15) is 10.4 Å². The molecule has 2 aromatic heterocycles. The molecule has 0 atom stereocenters. The van der Waals surface area contributed by atoms with Gasteiger partial charge in [-0.05, 0) is 18.2 Å². The molecule has 0 saturated carbocycles. The Hall–Kier alpha value is -3.56. The minimum absolute atomic E-state index is 0.0479. The van der Waals surface area contributed by atoms with E-state index in [1.807, 2.05) is 0 Å². The quantitative estimate of drug-likeness (QED) is 0.501. The number of carbonyl (C=O) groups is 1. The molecular weight excluding hydrogens is 389 g/mol. The van der Waals surface area contributed by atoms with Crippen LogP contribution in [0.25, 0.3) is 33.1 Å². The third-order valence-electron chi connectivity index (χ3n) is 4.77. The number of aliphatic hydroxyl groups is 2. The highest BCUT2D eigenvalue weighted by molar-refractivity contribution is 6.16. The zero-order chi connectivity index (χ0) is 21.1. The van der Waals surface area contributed by atoms with Crippen LogP contribution in [-0.2, 0) is 0 Å². The van der Waals surface area contributed by atoms with Crippen molar-refractivity contribution >= 4 is 27.7 Å². The first-order valence-electron chi connectivity index (χ1n) is 9.30. The molecule has 9 heteroatoms. The van der Waals surface area contributed by atoms with Gasteiger partial charge in [0.05, 0.1) is 36.2 Å². The highest BCUT2D eigenvalue weighted by Gasteiger charge is 2.23. The number of benzene rings is 2. The Balaban J connectivity index is 2.03. The molecule has 152 valence electrons. The summed E-state index contributed by atoms with van der Waals surface area (Å²) in [4.78, 5) is 23.3. The standard InChI is InChI=1S/C21H18FN5O3/c22-17-4-2-1-3-13(17)18-14-11-15(21(30)27(7-9-28)8-10-29)20-16(12-25-26-20)19(14)24-6-5-23-18/h1-6,11-12,28-29H,7-10H2. The Morgan fingerprint density at radius 2 is 1.73 bits per heavy atom. The molecule has 0 aliphatic heterocycles. The molecule has 2 aromatic carbocycles. The summed E-state index contributed by atoms with van der Waals surface area (Å²) >= 11 is 0. The first kappa shape index (κ1) is 19.7. The van der Waals surface area contributed by atoms with Crippen LogP contribution in [0.4, 0.5) is 4.39 Å². The van der Waals surface area contributed by atoms with Crippen LogP contribution in [0, 0.1) is 5.82 Å². The summed E-state index contributed by atoms with van der Waals surface area (Å²) in [7, 11) is 0. The van der Waals surface area contributed by atoms with E-state index in [9.17, 15) is 19.4 Å². The van der Waals surface area contributed by atoms with Crippen molar-refractivity contribution in [3.05, 3.63) is 60.3 Å². The molecule has 2 N–H and O–H groups in total. The number of hydrogen-bond acceptors (Lipinski definition) is 7. The number of amides is 1. The third kappa shape index (κ3) is 3.44. The number of halogens is 1. The Labute approximate surface area is 170 Å². The minimum Gasteiger partial charge on any atom is -0.395 e. The molecule has 4 aromatic rings. The highest BCUT2D eigenvalue weighted by atomic mass is 19.1. The lowest BCUT2D eigenvalue weighted by Gasteiger charge is -2.21. The maximum absolute atomic E-state index is 14.6. The molecule has 2 heterocycles. The fourth-order valence-corrected chi connectivity index (χ4v) is 3.42. The average molecular weight is 407 g/mol. The first-order chi connectivity index (χ1) is 14.7. The molecule has 0 unspecified atom stereocenters. The normalized spacial score (nSPS) is 11.2. The lowest BCUT2D eigenvalue weighted by molar-refractivity contribution is 0.0686. The van der Waals surface area contributed by atoms with Gasteiger partial charge in [-0.15, -0.1) is 5.10 Å².